The fourth-order valence-corrected chi connectivity index (χ4v) is 5.33. The summed E-state index contributed by atoms with van der Waals surface area (Å²) in [7, 11) is 0. The van der Waals surface area contributed by atoms with Gasteiger partial charge in [0.25, 0.3) is 0 Å². The largest absolute Gasteiger partial charge is 0.444 e. The lowest BCUT2D eigenvalue weighted by Crippen LogP contribution is -2.49. The second-order valence-corrected chi connectivity index (χ2v) is 9.63. The van der Waals surface area contributed by atoms with Gasteiger partial charge in [0.05, 0.1) is 0 Å². The average Bonchev–Trinajstić information content (AvgIpc) is 3.02. The highest BCUT2D eigenvalue weighted by atomic mass is 16.6. The van der Waals surface area contributed by atoms with Gasteiger partial charge in [-0.2, -0.15) is 0 Å². The van der Waals surface area contributed by atoms with Gasteiger partial charge in [-0.1, -0.05) is 30.3 Å². The van der Waals surface area contributed by atoms with Crippen LogP contribution in [0.5, 0.6) is 0 Å². The summed E-state index contributed by atoms with van der Waals surface area (Å²) in [4.78, 5) is 17.3. The molecule has 4 nitrogen and oxygen atoms in total. The first-order valence-corrected chi connectivity index (χ1v) is 10.9. The Labute approximate surface area is 173 Å². The number of benzene rings is 2. The zero-order chi connectivity index (χ0) is 20.2. The van der Waals surface area contributed by atoms with Crippen LogP contribution in [0.1, 0.15) is 50.7 Å². The number of rotatable bonds is 1. The van der Waals surface area contributed by atoms with Crippen molar-refractivity contribution in [1.82, 2.24) is 4.90 Å². The number of fused-ring (bicyclic) bond motifs is 3. The summed E-state index contributed by atoms with van der Waals surface area (Å²) in [5.74, 6) is 0.367. The van der Waals surface area contributed by atoms with Gasteiger partial charge in [-0.25, -0.2) is 4.79 Å². The highest BCUT2D eigenvalue weighted by molar-refractivity contribution is 5.77. The van der Waals surface area contributed by atoms with E-state index in [0.29, 0.717) is 12.0 Å². The maximum atomic E-state index is 12.7. The van der Waals surface area contributed by atoms with E-state index in [9.17, 15) is 4.79 Å². The number of anilines is 1. The molecule has 2 aromatic rings. The van der Waals surface area contributed by atoms with Crippen LogP contribution >= 0.6 is 0 Å². The summed E-state index contributed by atoms with van der Waals surface area (Å²) < 4.78 is 5.67. The second-order valence-electron chi connectivity index (χ2n) is 9.63. The Morgan fingerprint density at radius 3 is 2.62 bits per heavy atom. The molecule has 2 atom stereocenters. The van der Waals surface area contributed by atoms with E-state index in [0.717, 1.165) is 32.5 Å². The molecule has 0 spiro atoms. The lowest BCUT2D eigenvalue weighted by atomic mass is 9.87. The Morgan fingerprint density at radius 2 is 1.86 bits per heavy atom. The first-order chi connectivity index (χ1) is 13.9. The van der Waals surface area contributed by atoms with Crippen LogP contribution in [-0.4, -0.2) is 42.3 Å². The van der Waals surface area contributed by atoms with Crippen LogP contribution < -0.4 is 4.90 Å². The third-order valence-corrected chi connectivity index (χ3v) is 6.49. The predicted octanol–water partition coefficient (Wildman–Crippen LogP) is 5.21. The zero-order valence-corrected chi connectivity index (χ0v) is 17.6. The number of aryl methyl sites for hydroxylation is 1. The van der Waals surface area contributed by atoms with Crippen LogP contribution in [0.2, 0.25) is 0 Å². The van der Waals surface area contributed by atoms with Crippen LogP contribution in [0.4, 0.5) is 10.5 Å². The number of nitrogens with zero attached hydrogens (tertiary/aromatic N) is 2. The molecule has 4 heteroatoms. The number of carbonyl (C=O) groups is 1. The molecular weight excluding hydrogens is 360 g/mol. The molecule has 152 valence electrons. The Hall–Kier alpha value is -2.49. The standard InChI is InChI=1S/C25H30N2O2/c1-25(2,3)29-24(28)26-13-11-22-21(16-26)20-15-19(17-8-5-4-6-9-17)14-18-10-7-12-27(22)23(18)20/h4-6,8-9,14-15,21-22H,7,10-13,16H2,1-3H3. The minimum atomic E-state index is -0.454. The minimum Gasteiger partial charge on any atom is -0.444 e. The van der Waals surface area contributed by atoms with E-state index in [-0.39, 0.29) is 6.09 Å². The molecule has 0 bridgehead atoms. The van der Waals surface area contributed by atoms with Crippen molar-refractivity contribution in [3.8, 4) is 11.1 Å². The van der Waals surface area contributed by atoms with Crippen LogP contribution in [0.3, 0.4) is 0 Å². The molecule has 3 aliphatic heterocycles. The number of hydrogen-bond donors (Lipinski definition) is 0. The Kier molecular flexibility index (Phi) is 4.34. The Balaban J connectivity index is 1.51. The van der Waals surface area contributed by atoms with E-state index in [4.69, 9.17) is 4.74 Å². The molecular formula is C25H30N2O2. The third-order valence-electron chi connectivity index (χ3n) is 6.49. The van der Waals surface area contributed by atoms with Gasteiger partial charge < -0.3 is 14.5 Å². The number of hydrogen-bond acceptors (Lipinski definition) is 3. The number of likely N-dealkylation sites (tertiary alicyclic amines) is 1. The smallest absolute Gasteiger partial charge is 0.410 e. The molecule has 0 aliphatic carbocycles. The van der Waals surface area contributed by atoms with Crippen LogP contribution in [0.25, 0.3) is 11.1 Å². The van der Waals surface area contributed by atoms with Crippen molar-refractivity contribution in [3.05, 3.63) is 53.6 Å². The van der Waals surface area contributed by atoms with E-state index < -0.39 is 5.60 Å². The lowest BCUT2D eigenvalue weighted by molar-refractivity contribution is 0.0189. The average molecular weight is 391 g/mol. The molecule has 0 radical (unpaired) electrons. The van der Waals surface area contributed by atoms with E-state index in [1.54, 1.807) is 0 Å². The van der Waals surface area contributed by atoms with Crippen molar-refractivity contribution in [2.75, 3.05) is 24.5 Å². The van der Waals surface area contributed by atoms with Crippen molar-refractivity contribution in [3.63, 3.8) is 0 Å². The van der Waals surface area contributed by atoms with E-state index in [2.05, 4.69) is 47.4 Å². The van der Waals surface area contributed by atoms with E-state index >= 15 is 0 Å². The molecule has 5 rings (SSSR count). The fourth-order valence-electron chi connectivity index (χ4n) is 5.33. The van der Waals surface area contributed by atoms with Crippen molar-refractivity contribution in [2.24, 2.45) is 0 Å². The van der Waals surface area contributed by atoms with Crippen LogP contribution in [0.15, 0.2) is 42.5 Å². The molecule has 1 fully saturated rings. The highest BCUT2D eigenvalue weighted by Gasteiger charge is 2.45. The lowest BCUT2D eigenvalue weighted by Gasteiger charge is -2.40. The van der Waals surface area contributed by atoms with Gasteiger partial charge in [0.15, 0.2) is 0 Å². The number of piperidine rings is 1. The van der Waals surface area contributed by atoms with Gasteiger partial charge >= 0.3 is 6.09 Å². The van der Waals surface area contributed by atoms with Crippen molar-refractivity contribution >= 4 is 11.8 Å². The topological polar surface area (TPSA) is 32.8 Å². The number of ether oxygens (including phenoxy) is 1. The van der Waals surface area contributed by atoms with Gasteiger partial charge in [-0.05, 0) is 74.4 Å². The molecule has 0 saturated carbocycles. The summed E-state index contributed by atoms with van der Waals surface area (Å²) in [6.07, 6.45) is 3.20. The van der Waals surface area contributed by atoms with Crippen molar-refractivity contribution < 1.29 is 9.53 Å². The predicted molar refractivity (Wildman–Crippen MR) is 116 cm³/mol. The minimum absolute atomic E-state index is 0.176. The molecule has 3 aliphatic rings. The summed E-state index contributed by atoms with van der Waals surface area (Å²) in [5.41, 5.74) is 6.48. The normalized spacial score (nSPS) is 22.9. The molecule has 1 amide bonds. The van der Waals surface area contributed by atoms with Gasteiger partial charge in [-0.3, -0.25) is 0 Å². The number of carbonyl (C=O) groups excluding carboxylic acids is 1. The monoisotopic (exact) mass is 390 g/mol. The van der Waals surface area contributed by atoms with E-state index in [1.165, 1.54) is 34.4 Å². The Morgan fingerprint density at radius 1 is 1.07 bits per heavy atom. The van der Waals surface area contributed by atoms with Gasteiger partial charge in [0, 0.05) is 37.3 Å². The molecule has 1 saturated heterocycles. The maximum Gasteiger partial charge on any atom is 0.410 e. The first-order valence-electron chi connectivity index (χ1n) is 10.9. The van der Waals surface area contributed by atoms with Gasteiger partial charge in [0.1, 0.15) is 5.60 Å². The maximum absolute atomic E-state index is 12.7. The van der Waals surface area contributed by atoms with Crippen LogP contribution in [-0.2, 0) is 11.2 Å². The second kappa shape index (κ2) is 6.79. The summed E-state index contributed by atoms with van der Waals surface area (Å²) in [6.45, 7) is 8.47. The first kappa shape index (κ1) is 18.5. The Bertz CT molecular complexity index is 932. The molecule has 3 heterocycles. The highest BCUT2D eigenvalue weighted by Crippen LogP contribution is 2.50. The van der Waals surface area contributed by atoms with Crippen molar-refractivity contribution in [1.29, 1.82) is 0 Å². The summed E-state index contributed by atoms with van der Waals surface area (Å²) in [6, 6.07) is 15.9. The van der Waals surface area contributed by atoms with Crippen molar-refractivity contribution in [2.45, 2.75) is 57.6 Å². The third kappa shape index (κ3) is 3.29. The SMILES string of the molecule is CC(C)(C)OC(=O)N1CCC2C(C1)c1cc(-c3ccccc3)cc3c1N2CCC3. The van der Waals surface area contributed by atoms with Gasteiger partial charge in [-0.15, -0.1) is 0 Å². The molecule has 0 aromatic heterocycles. The zero-order valence-electron chi connectivity index (χ0n) is 17.6. The molecule has 2 unspecified atom stereocenters. The molecule has 29 heavy (non-hydrogen) atoms. The molecule has 0 N–H and O–H groups in total. The number of amides is 1. The molecule has 2 aromatic carbocycles. The summed E-state index contributed by atoms with van der Waals surface area (Å²) in [5, 5.41) is 0. The summed E-state index contributed by atoms with van der Waals surface area (Å²) >= 11 is 0. The quantitative estimate of drug-likeness (QED) is 0.670. The van der Waals surface area contributed by atoms with E-state index in [1.807, 2.05) is 25.7 Å². The van der Waals surface area contributed by atoms with Gasteiger partial charge in [0.2, 0.25) is 0 Å². The van der Waals surface area contributed by atoms with Crippen LogP contribution in [0, 0.1) is 0 Å². The fraction of sp³-hybridized carbons (Fsp3) is 0.480.